The van der Waals surface area contributed by atoms with E-state index in [0.29, 0.717) is 0 Å². The van der Waals surface area contributed by atoms with E-state index < -0.39 is 5.41 Å². The monoisotopic (exact) mass is 428 g/mol. The first-order valence-corrected chi connectivity index (χ1v) is 14.2. The van der Waals surface area contributed by atoms with Crippen LogP contribution >= 0.6 is 0 Å². The second kappa shape index (κ2) is 20.9. The summed E-state index contributed by atoms with van der Waals surface area (Å²) in [5, 5.41) is 19.3. The Kier molecular flexibility index (Phi) is 18.8. The third-order valence-corrected chi connectivity index (χ3v) is 7.39. The minimum absolute atomic E-state index is 0.719. The van der Waals surface area contributed by atoms with Crippen LogP contribution in [0.4, 0.5) is 0 Å². The van der Waals surface area contributed by atoms with Crippen molar-refractivity contribution in [2.75, 3.05) is 0 Å². The van der Waals surface area contributed by atoms with Gasteiger partial charge in [0.15, 0.2) is 0 Å². The van der Waals surface area contributed by atoms with Crippen molar-refractivity contribution in [3.05, 3.63) is 0 Å². The Hall–Kier alpha value is -1.02. The van der Waals surface area contributed by atoms with Gasteiger partial charge in [0.1, 0.15) is 5.41 Å². The van der Waals surface area contributed by atoms with E-state index in [1.807, 2.05) is 0 Å². The van der Waals surface area contributed by atoms with Crippen LogP contribution in [0.15, 0.2) is 0 Å². The SMILES string of the molecule is N#CC1(C#N)CCCCCCCCCCCCCCCCCCCCCCCCCC1. The molecule has 2 heteroatoms. The Morgan fingerprint density at radius 3 is 0.613 bits per heavy atom. The molecular weight excluding hydrogens is 376 g/mol. The van der Waals surface area contributed by atoms with Crippen LogP contribution in [0.2, 0.25) is 0 Å². The molecular formula is C29H52N2. The molecule has 0 spiro atoms. The van der Waals surface area contributed by atoms with E-state index in [2.05, 4.69) is 12.1 Å². The minimum Gasteiger partial charge on any atom is -0.197 e. The number of hydrogen-bond acceptors (Lipinski definition) is 2. The van der Waals surface area contributed by atoms with Crippen LogP contribution in [0.1, 0.15) is 167 Å². The van der Waals surface area contributed by atoms with E-state index in [-0.39, 0.29) is 0 Å². The third kappa shape index (κ3) is 16.3. The molecule has 2 nitrogen and oxygen atoms in total. The summed E-state index contributed by atoms with van der Waals surface area (Å²) in [6.45, 7) is 0. The first-order valence-electron chi connectivity index (χ1n) is 14.2. The average Bonchev–Trinajstić information content (AvgIpc) is 2.79. The molecule has 1 aliphatic carbocycles. The molecule has 1 aliphatic rings. The van der Waals surface area contributed by atoms with Gasteiger partial charge in [-0.1, -0.05) is 154 Å². The Morgan fingerprint density at radius 2 is 0.452 bits per heavy atom. The van der Waals surface area contributed by atoms with Gasteiger partial charge < -0.3 is 0 Å². The molecule has 31 heavy (non-hydrogen) atoms. The van der Waals surface area contributed by atoms with Gasteiger partial charge in [0.05, 0.1) is 12.1 Å². The molecule has 0 aromatic heterocycles. The topological polar surface area (TPSA) is 47.6 Å². The van der Waals surface area contributed by atoms with E-state index in [1.165, 1.54) is 141 Å². The van der Waals surface area contributed by atoms with Crippen LogP contribution in [-0.4, -0.2) is 0 Å². The van der Waals surface area contributed by atoms with Crippen molar-refractivity contribution in [2.24, 2.45) is 5.41 Å². The lowest BCUT2D eigenvalue weighted by Crippen LogP contribution is -2.16. The summed E-state index contributed by atoms with van der Waals surface area (Å²) in [5.41, 5.74) is -0.719. The highest BCUT2D eigenvalue weighted by molar-refractivity contribution is 5.13. The zero-order chi connectivity index (χ0) is 22.3. The molecule has 0 bridgehead atoms. The molecule has 0 unspecified atom stereocenters. The van der Waals surface area contributed by atoms with Crippen LogP contribution in [0.25, 0.3) is 0 Å². The second-order valence-corrected chi connectivity index (χ2v) is 10.3. The van der Waals surface area contributed by atoms with Crippen molar-refractivity contribution in [2.45, 2.75) is 167 Å². The first kappa shape index (κ1) is 28.0. The molecule has 0 radical (unpaired) electrons. The van der Waals surface area contributed by atoms with Crippen molar-refractivity contribution >= 4 is 0 Å². The highest BCUT2D eigenvalue weighted by Gasteiger charge is 2.28. The minimum atomic E-state index is -0.719. The highest BCUT2D eigenvalue weighted by atomic mass is 14.4. The van der Waals surface area contributed by atoms with Crippen LogP contribution in [-0.2, 0) is 0 Å². The number of nitriles is 2. The number of nitrogens with zero attached hydrogens (tertiary/aromatic N) is 2. The van der Waals surface area contributed by atoms with Gasteiger partial charge in [-0.05, 0) is 12.8 Å². The van der Waals surface area contributed by atoms with Crippen molar-refractivity contribution in [3.63, 3.8) is 0 Å². The predicted molar refractivity (Wildman–Crippen MR) is 134 cm³/mol. The highest BCUT2D eigenvalue weighted by Crippen LogP contribution is 2.30. The Bertz CT molecular complexity index is 426. The Labute approximate surface area is 195 Å². The van der Waals surface area contributed by atoms with Gasteiger partial charge in [-0.2, -0.15) is 10.5 Å². The van der Waals surface area contributed by atoms with Crippen molar-refractivity contribution in [1.82, 2.24) is 0 Å². The molecule has 0 heterocycles. The van der Waals surface area contributed by atoms with Crippen LogP contribution in [0.5, 0.6) is 0 Å². The van der Waals surface area contributed by atoms with Crippen LogP contribution < -0.4 is 0 Å². The quantitative estimate of drug-likeness (QED) is 0.385. The van der Waals surface area contributed by atoms with Gasteiger partial charge in [-0.25, -0.2) is 0 Å². The standard InChI is InChI=1S/C29H52N2/c30-27-29(28-31)25-23-21-19-17-15-13-11-9-7-5-3-1-2-4-6-8-10-12-14-16-18-20-22-24-26-29/h1-26H2. The maximum Gasteiger partial charge on any atom is 0.143 e. The molecule has 0 N–H and O–H groups in total. The van der Waals surface area contributed by atoms with Gasteiger partial charge in [0.2, 0.25) is 0 Å². The molecule has 0 atom stereocenters. The normalized spacial score (nSPS) is 23.5. The summed E-state index contributed by atoms with van der Waals surface area (Å²) in [6.07, 6.45) is 33.9. The smallest absolute Gasteiger partial charge is 0.143 e. The van der Waals surface area contributed by atoms with Gasteiger partial charge in [-0.15, -0.1) is 0 Å². The van der Waals surface area contributed by atoms with Crippen LogP contribution in [0.3, 0.4) is 0 Å². The largest absolute Gasteiger partial charge is 0.197 e. The summed E-state index contributed by atoms with van der Waals surface area (Å²) in [6, 6.07) is 4.76. The van der Waals surface area contributed by atoms with Crippen molar-refractivity contribution < 1.29 is 0 Å². The molecule has 1 fully saturated rings. The van der Waals surface area contributed by atoms with E-state index in [0.717, 1.165) is 25.7 Å². The Morgan fingerprint density at radius 1 is 0.290 bits per heavy atom. The van der Waals surface area contributed by atoms with Gasteiger partial charge in [-0.3, -0.25) is 0 Å². The summed E-state index contributed by atoms with van der Waals surface area (Å²) in [4.78, 5) is 0. The number of hydrogen-bond donors (Lipinski definition) is 0. The maximum atomic E-state index is 9.63. The van der Waals surface area contributed by atoms with Crippen LogP contribution in [0, 0.1) is 28.1 Å². The summed E-state index contributed by atoms with van der Waals surface area (Å²) < 4.78 is 0. The fourth-order valence-corrected chi connectivity index (χ4v) is 5.12. The lowest BCUT2D eigenvalue weighted by atomic mass is 9.80. The molecule has 178 valence electrons. The van der Waals surface area contributed by atoms with E-state index in [9.17, 15) is 10.5 Å². The zero-order valence-electron chi connectivity index (χ0n) is 20.8. The molecule has 0 amide bonds. The van der Waals surface area contributed by atoms with E-state index in [1.54, 1.807) is 0 Å². The lowest BCUT2D eigenvalue weighted by molar-refractivity contribution is 0.390. The predicted octanol–water partition coefficient (Wildman–Crippen LogP) is 10.2. The van der Waals surface area contributed by atoms with Crippen molar-refractivity contribution in [1.29, 1.82) is 10.5 Å². The third-order valence-electron chi connectivity index (χ3n) is 7.39. The van der Waals surface area contributed by atoms with Gasteiger partial charge >= 0.3 is 0 Å². The summed E-state index contributed by atoms with van der Waals surface area (Å²) >= 11 is 0. The molecule has 0 aromatic carbocycles. The fourth-order valence-electron chi connectivity index (χ4n) is 5.12. The first-order chi connectivity index (χ1) is 15.3. The molecule has 0 aliphatic heterocycles. The van der Waals surface area contributed by atoms with E-state index >= 15 is 0 Å². The fraction of sp³-hybridized carbons (Fsp3) is 0.931. The van der Waals surface area contributed by atoms with Gasteiger partial charge in [0, 0.05) is 0 Å². The van der Waals surface area contributed by atoms with Crippen molar-refractivity contribution in [3.8, 4) is 12.1 Å². The lowest BCUT2D eigenvalue weighted by Gasteiger charge is -2.18. The number of rotatable bonds is 0. The molecule has 0 saturated heterocycles. The maximum absolute atomic E-state index is 9.63. The van der Waals surface area contributed by atoms with Gasteiger partial charge in [0.25, 0.3) is 0 Å². The van der Waals surface area contributed by atoms with E-state index in [4.69, 9.17) is 0 Å². The molecule has 1 saturated carbocycles. The second-order valence-electron chi connectivity index (χ2n) is 10.3. The average molecular weight is 429 g/mol. The zero-order valence-corrected chi connectivity index (χ0v) is 20.8. The molecule has 0 aromatic rings. The summed E-state index contributed by atoms with van der Waals surface area (Å²) in [7, 11) is 0. The molecule has 1 rings (SSSR count). The summed E-state index contributed by atoms with van der Waals surface area (Å²) in [5.74, 6) is 0. The Balaban J connectivity index is 2.27.